The number of rotatable bonds is 2. The van der Waals surface area contributed by atoms with Crippen LogP contribution in [0.2, 0.25) is 0 Å². The summed E-state index contributed by atoms with van der Waals surface area (Å²) in [6.07, 6.45) is -0.125. The predicted octanol–water partition coefficient (Wildman–Crippen LogP) is 3.87. The molecule has 1 aliphatic rings. The Morgan fingerprint density at radius 1 is 0.833 bits per heavy atom. The van der Waals surface area contributed by atoms with Gasteiger partial charge in [0.15, 0.2) is 12.6 Å². The second kappa shape index (κ2) is 5.93. The lowest BCUT2D eigenvalue weighted by molar-refractivity contribution is -0.700. The standard InChI is InChI=1S/C21H18NO2/c1-15-14-22-19(17-10-6-3-7-11-17)12-18(13-20(22)21(23)24-15)16-8-4-2-5-9-16/h2-13,15H,14H2,1H3/q+1. The summed E-state index contributed by atoms with van der Waals surface area (Å²) in [4.78, 5) is 12.4. The second-order valence-electron chi connectivity index (χ2n) is 6.07. The lowest BCUT2D eigenvalue weighted by atomic mass is 10.0. The number of cyclic esters (lactones) is 1. The van der Waals surface area contributed by atoms with E-state index >= 15 is 0 Å². The largest absolute Gasteiger partial charge is 0.448 e. The molecule has 3 nitrogen and oxygen atoms in total. The minimum atomic E-state index is -0.260. The van der Waals surface area contributed by atoms with E-state index in [1.54, 1.807) is 0 Å². The van der Waals surface area contributed by atoms with Gasteiger partial charge in [0, 0.05) is 17.7 Å². The van der Waals surface area contributed by atoms with Gasteiger partial charge in [0.1, 0.15) is 0 Å². The van der Waals surface area contributed by atoms with Crippen LogP contribution in [0.5, 0.6) is 0 Å². The summed E-state index contributed by atoms with van der Waals surface area (Å²) in [5.74, 6) is -0.260. The first kappa shape index (κ1) is 14.6. The molecular weight excluding hydrogens is 298 g/mol. The lowest BCUT2D eigenvalue weighted by Gasteiger charge is -2.19. The Labute approximate surface area is 141 Å². The van der Waals surface area contributed by atoms with Crippen molar-refractivity contribution in [3.05, 3.63) is 78.5 Å². The van der Waals surface area contributed by atoms with Crippen LogP contribution in [0.15, 0.2) is 72.8 Å². The Kier molecular flexibility index (Phi) is 3.62. The van der Waals surface area contributed by atoms with Gasteiger partial charge in [-0.15, -0.1) is 0 Å². The van der Waals surface area contributed by atoms with Crippen molar-refractivity contribution in [3.63, 3.8) is 0 Å². The van der Waals surface area contributed by atoms with Crippen molar-refractivity contribution in [3.8, 4) is 22.4 Å². The van der Waals surface area contributed by atoms with Crippen molar-refractivity contribution in [2.75, 3.05) is 0 Å². The molecule has 1 unspecified atom stereocenters. The number of aromatic nitrogens is 1. The maximum Gasteiger partial charge on any atom is 0.404 e. The molecule has 118 valence electrons. The molecule has 2 heterocycles. The van der Waals surface area contributed by atoms with Crippen LogP contribution in [-0.2, 0) is 11.3 Å². The molecule has 24 heavy (non-hydrogen) atoms. The molecule has 0 spiro atoms. The zero-order valence-electron chi connectivity index (χ0n) is 13.5. The fourth-order valence-electron chi connectivity index (χ4n) is 3.17. The third-order valence-electron chi connectivity index (χ3n) is 4.30. The first-order valence-corrected chi connectivity index (χ1v) is 8.12. The molecular formula is C21H18NO2+. The van der Waals surface area contributed by atoms with Crippen molar-refractivity contribution < 1.29 is 14.1 Å². The molecule has 1 aromatic heterocycles. The van der Waals surface area contributed by atoms with Crippen LogP contribution >= 0.6 is 0 Å². The molecule has 0 fully saturated rings. The van der Waals surface area contributed by atoms with Crippen molar-refractivity contribution >= 4 is 5.97 Å². The van der Waals surface area contributed by atoms with E-state index in [4.69, 9.17) is 4.74 Å². The van der Waals surface area contributed by atoms with Crippen LogP contribution < -0.4 is 4.57 Å². The highest BCUT2D eigenvalue weighted by molar-refractivity contribution is 5.88. The molecule has 1 atom stereocenters. The number of carbonyl (C=O) groups is 1. The van der Waals surface area contributed by atoms with Gasteiger partial charge >= 0.3 is 5.97 Å². The normalized spacial score (nSPS) is 16.4. The van der Waals surface area contributed by atoms with Crippen molar-refractivity contribution in [2.24, 2.45) is 0 Å². The highest BCUT2D eigenvalue weighted by atomic mass is 16.5. The third-order valence-corrected chi connectivity index (χ3v) is 4.30. The van der Waals surface area contributed by atoms with E-state index in [0.717, 1.165) is 22.4 Å². The van der Waals surface area contributed by atoms with Gasteiger partial charge < -0.3 is 4.74 Å². The van der Waals surface area contributed by atoms with E-state index in [1.807, 2.05) is 49.4 Å². The molecule has 3 heteroatoms. The van der Waals surface area contributed by atoms with Gasteiger partial charge in [-0.05, 0) is 30.2 Å². The number of carbonyl (C=O) groups excluding carboxylic acids is 1. The number of nitrogens with zero attached hydrogens (tertiary/aromatic N) is 1. The summed E-state index contributed by atoms with van der Waals surface area (Å²) in [5, 5.41) is 0. The van der Waals surface area contributed by atoms with E-state index in [0.29, 0.717) is 12.2 Å². The zero-order valence-corrected chi connectivity index (χ0v) is 13.5. The van der Waals surface area contributed by atoms with Crippen LogP contribution in [0.1, 0.15) is 17.4 Å². The third kappa shape index (κ3) is 2.58. The van der Waals surface area contributed by atoms with Gasteiger partial charge in [0.25, 0.3) is 5.69 Å². The quantitative estimate of drug-likeness (QED) is 0.531. The maximum atomic E-state index is 12.4. The molecule has 0 N–H and O–H groups in total. The Morgan fingerprint density at radius 3 is 2.08 bits per heavy atom. The molecule has 0 aliphatic carbocycles. The number of benzene rings is 2. The van der Waals surface area contributed by atoms with Gasteiger partial charge in [-0.25, -0.2) is 4.79 Å². The van der Waals surface area contributed by atoms with Crippen LogP contribution in [0.4, 0.5) is 0 Å². The molecule has 4 rings (SSSR count). The van der Waals surface area contributed by atoms with E-state index in [9.17, 15) is 4.79 Å². The van der Waals surface area contributed by atoms with Crippen molar-refractivity contribution in [1.82, 2.24) is 0 Å². The summed E-state index contributed by atoms with van der Waals surface area (Å²) in [5.41, 5.74) is 4.85. The summed E-state index contributed by atoms with van der Waals surface area (Å²) in [6.45, 7) is 2.59. The van der Waals surface area contributed by atoms with Crippen LogP contribution in [0.3, 0.4) is 0 Å². The lowest BCUT2D eigenvalue weighted by Crippen LogP contribution is -2.52. The highest BCUT2D eigenvalue weighted by Gasteiger charge is 2.34. The average Bonchev–Trinajstić information content (AvgIpc) is 2.62. The summed E-state index contributed by atoms with van der Waals surface area (Å²) in [6, 6.07) is 24.4. The van der Waals surface area contributed by atoms with Crippen molar-refractivity contribution in [1.29, 1.82) is 0 Å². The number of pyridine rings is 1. The monoisotopic (exact) mass is 316 g/mol. The average molecular weight is 316 g/mol. The first-order valence-electron chi connectivity index (χ1n) is 8.12. The Hall–Kier alpha value is -2.94. The molecule has 0 saturated heterocycles. The van der Waals surface area contributed by atoms with Crippen molar-refractivity contribution in [2.45, 2.75) is 19.6 Å². The maximum absolute atomic E-state index is 12.4. The van der Waals surface area contributed by atoms with Crippen LogP contribution in [-0.4, -0.2) is 12.1 Å². The molecule has 0 amide bonds. The minimum absolute atomic E-state index is 0.125. The van der Waals surface area contributed by atoms with Gasteiger partial charge in [-0.3, -0.25) is 0 Å². The van der Waals surface area contributed by atoms with E-state index in [2.05, 4.69) is 34.9 Å². The molecule has 0 radical (unpaired) electrons. The van der Waals surface area contributed by atoms with Crippen LogP contribution in [0.25, 0.3) is 22.4 Å². The fourth-order valence-corrected chi connectivity index (χ4v) is 3.17. The van der Waals surface area contributed by atoms with E-state index in [1.165, 1.54) is 0 Å². The van der Waals surface area contributed by atoms with Gasteiger partial charge in [-0.2, -0.15) is 4.57 Å². The Bertz CT molecular complexity index is 888. The fraction of sp³-hybridized carbons (Fsp3) is 0.143. The topological polar surface area (TPSA) is 30.2 Å². The van der Waals surface area contributed by atoms with Gasteiger partial charge in [0.05, 0.1) is 0 Å². The van der Waals surface area contributed by atoms with Crippen LogP contribution in [0, 0.1) is 0 Å². The van der Waals surface area contributed by atoms with E-state index < -0.39 is 0 Å². The summed E-state index contributed by atoms with van der Waals surface area (Å²) < 4.78 is 7.50. The molecule has 2 aromatic carbocycles. The van der Waals surface area contributed by atoms with Gasteiger partial charge in [-0.1, -0.05) is 48.5 Å². The number of ether oxygens (including phenoxy) is 1. The first-order chi connectivity index (χ1) is 11.7. The molecule has 0 bridgehead atoms. The number of hydrogen-bond donors (Lipinski definition) is 0. The summed E-state index contributed by atoms with van der Waals surface area (Å²) >= 11 is 0. The number of fused-ring (bicyclic) bond motifs is 1. The summed E-state index contributed by atoms with van der Waals surface area (Å²) in [7, 11) is 0. The van der Waals surface area contributed by atoms with E-state index in [-0.39, 0.29) is 12.1 Å². The minimum Gasteiger partial charge on any atom is -0.448 e. The molecule has 3 aromatic rings. The molecule has 0 saturated carbocycles. The molecule has 1 aliphatic heterocycles. The Morgan fingerprint density at radius 2 is 1.42 bits per heavy atom. The van der Waals surface area contributed by atoms with Gasteiger partial charge in [0.2, 0.25) is 5.69 Å². The second-order valence-corrected chi connectivity index (χ2v) is 6.07. The smallest absolute Gasteiger partial charge is 0.404 e. The number of esters is 1. The number of hydrogen-bond acceptors (Lipinski definition) is 2. The predicted molar refractivity (Wildman–Crippen MR) is 92.4 cm³/mol. The zero-order chi connectivity index (χ0) is 16.5. The SMILES string of the molecule is CC1C[n+]2c(cc(-c3ccccc3)cc2-c2ccccc2)C(=O)O1. The highest BCUT2D eigenvalue weighted by Crippen LogP contribution is 2.26. The Balaban J connectivity index is 1.97.